The van der Waals surface area contributed by atoms with E-state index in [-0.39, 0.29) is 11.5 Å². The number of benzene rings is 3. The van der Waals surface area contributed by atoms with E-state index in [1.54, 1.807) is 48.8 Å². The molecule has 0 spiro atoms. The number of allylic oxidation sites excluding steroid dienone is 1. The minimum atomic E-state index is -0.452. The zero-order chi connectivity index (χ0) is 22.3. The average molecular weight is 439 g/mol. The summed E-state index contributed by atoms with van der Waals surface area (Å²) in [6, 6.07) is 23.7. The highest BCUT2D eigenvalue weighted by Gasteiger charge is 2.16. The van der Waals surface area contributed by atoms with Crippen molar-refractivity contribution in [2.75, 3.05) is 0 Å². The number of ketones is 1. The summed E-state index contributed by atoms with van der Waals surface area (Å²) in [5.74, 6) is -0.177. The van der Waals surface area contributed by atoms with Gasteiger partial charge in [0.05, 0.1) is 9.82 Å². The smallest absolute Gasteiger partial charge is 0.283 e. The molecule has 4 rings (SSSR count). The maximum atomic E-state index is 12.6. The molecule has 6 nitrogen and oxygen atoms in total. The molecule has 0 saturated carbocycles. The van der Waals surface area contributed by atoms with E-state index in [1.165, 1.54) is 12.1 Å². The fourth-order valence-electron chi connectivity index (χ4n) is 3.03. The first-order chi connectivity index (χ1) is 15.6. The summed E-state index contributed by atoms with van der Waals surface area (Å²) < 4.78 is 0. The molecule has 3 aromatic carbocycles. The Kier molecular flexibility index (Phi) is 6.48. The number of hydrogen-bond donors (Lipinski definition) is 0. The number of aromatic nitrogens is 2. The van der Waals surface area contributed by atoms with Crippen LogP contribution in [0.3, 0.4) is 0 Å². The number of rotatable bonds is 7. The Balaban J connectivity index is 1.50. The van der Waals surface area contributed by atoms with Crippen LogP contribution >= 0.6 is 11.8 Å². The first kappa shape index (κ1) is 21.1. The van der Waals surface area contributed by atoms with E-state index in [4.69, 9.17) is 0 Å². The third-order valence-corrected chi connectivity index (χ3v) is 5.59. The van der Waals surface area contributed by atoms with Gasteiger partial charge in [0.15, 0.2) is 10.9 Å². The molecule has 1 aromatic heterocycles. The van der Waals surface area contributed by atoms with Gasteiger partial charge in [0.1, 0.15) is 0 Å². The first-order valence-electron chi connectivity index (χ1n) is 9.71. The Morgan fingerprint density at radius 3 is 2.25 bits per heavy atom. The van der Waals surface area contributed by atoms with E-state index in [0.29, 0.717) is 21.2 Å². The van der Waals surface area contributed by atoms with Crippen LogP contribution in [0.1, 0.15) is 15.9 Å². The average Bonchev–Trinajstić information content (AvgIpc) is 2.84. The Hall–Kier alpha value is -4.10. The van der Waals surface area contributed by atoms with Gasteiger partial charge in [-0.1, -0.05) is 66.7 Å². The summed E-state index contributed by atoms with van der Waals surface area (Å²) in [5.41, 5.74) is 3.14. The summed E-state index contributed by atoms with van der Waals surface area (Å²) >= 11 is 1.12. The quantitative estimate of drug-likeness (QED) is 0.114. The predicted octanol–water partition coefficient (Wildman–Crippen LogP) is 6.10. The van der Waals surface area contributed by atoms with Crippen LogP contribution < -0.4 is 0 Å². The van der Waals surface area contributed by atoms with Crippen LogP contribution in [0.4, 0.5) is 5.69 Å². The molecule has 156 valence electrons. The highest BCUT2D eigenvalue weighted by atomic mass is 32.2. The second-order valence-corrected chi connectivity index (χ2v) is 7.77. The maximum absolute atomic E-state index is 12.6. The summed E-state index contributed by atoms with van der Waals surface area (Å²) in [7, 11) is 0. The molecule has 0 fully saturated rings. The van der Waals surface area contributed by atoms with Crippen molar-refractivity contribution in [1.29, 1.82) is 0 Å². The van der Waals surface area contributed by atoms with Gasteiger partial charge >= 0.3 is 0 Å². The van der Waals surface area contributed by atoms with Gasteiger partial charge in [-0.05, 0) is 46.7 Å². The Morgan fingerprint density at radius 2 is 1.56 bits per heavy atom. The summed E-state index contributed by atoms with van der Waals surface area (Å²) in [5, 5.41) is 12.0. The lowest BCUT2D eigenvalue weighted by atomic mass is 10.0. The molecule has 1 heterocycles. The standard InChI is InChI=1S/C25H17N3O3S/c29-23(21-11-9-20(10-12-21)19-5-2-1-3-6-19)13-7-18-8-14-24(22(17-18)28(30)31)32-25-26-15-4-16-27-25/h1-17H/b13-7-. The third kappa shape index (κ3) is 5.14. The zero-order valence-corrected chi connectivity index (χ0v) is 17.6. The van der Waals surface area contributed by atoms with Crippen molar-refractivity contribution in [2.24, 2.45) is 0 Å². The van der Waals surface area contributed by atoms with E-state index in [9.17, 15) is 14.9 Å². The minimum absolute atomic E-state index is 0.0655. The molecule has 0 saturated heterocycles. The van der Waals surface area contributed by atoms with E-state index in [2.05, 4.69) is 9.97 Å². The highest BCUT2D eigenvalue weighted by molar-refractivity contribution is 7.99. The van der Waals surface area contributed by atoms with E-state index >= 15 is 0 Å². The molecule has 0 aliphatic heterocycles. The lowest BCUT2D eigenvalue weighted by Gasteiger charge is -2.03. The molecule has 0 atom stereocenters. The number of nitro groups is 1. The summed E-state index contributed by atoms with van der Waals surface area (Å²) in [4.78, 5) is 32.2. The van der Waals surface area contributed by atoms with Crippen molar-refractivity contribution in [3.8, 4) is 11.1 Å². The van der Waals surface area contributed by atoms with Gasteiger partial charge in [-0.25, -0.2) is 9.97 Å². The van der Waals surface area contributed by atoms with E-state index in [1.807, 2.05) is 42.5 Å². The van der Waals surface area contributed by atoms with Crippen molar-refractivity contribution in [2.45, 2.75) is 10.1 Å². The van der Waals surface area contributed by atoms with Crippen LogP contribution in [-0.4, -0.2) is 20.7 Å². The molecule has 32 heavy (non-hydrogen) atoms. The maximum Gasteiger partial charge on any atom is 0.283 e. The number of carbonyl (C=O) groups is 1. The van der Waals surface area contributed by atoms with Crippen molar-refractivity contribution >= 4 is 29.3 Å². The number of nitrogens with zero attached hydrogens (tertiary/aromatic N) is 3. The van der Waals surface area contributed by atoms with Crippen LogP contribution in [0.25, 0.3) is 17.2 Å². The lowest BCUT2D eigenvalue weighted by Crippen LogP contribution is -1.95. The molecule has 4 aromatic rings. The van der Waals surface area contributed by atoms with Crippen molar-refractivity contribution in [1.82, 2.24) is 9.97 Å². The molecule has 0 radical (unpaired) electrons. The largest absolute Gasteiger partial charge is 0.289 e. The molecule has 0 amide bonds. The number of nitro benzene ring substituents is 1. The molecule has 0 aliphatic rings. The summed E-state index contributed by atoms with van der Waals surface area (Å²) in [6.07, 6.45) is 6.16. The lowest BCUT2D eigenvalue weighted by molar-refractivity contribution is -0.387. The fraction of sp³-hybridized carbons (Fsp3) is 0. The van der Waals surface area contributed by atoms with Crippen molar-refractivity contribution in [3.63, 3.8) is 0 Å². The highest BCUT2D eigenvalue weighted by Crippen LogP contribution is 2.33. The van der Waals surface area contributed by atoms with Crippen LogP contribution in [0.2, 0.25) is 0 Å². The fourth-order valence-corrected chi connectivity index (χ4v) is 3.83. The van der Waals surface area contributed by atoms with Crippen LogP contribution in [-0.2, 0) is 0 Å². The minimum Gasteiger partial charge on any atom is -0.289 e. The van der Waals surface area contributed by atoms with Gasteiger partial charge in [0.2, 0.25) is 0 Å². The normalized spacial score (nSPS) is 10.9. The van der Waals surface area contributed by atoms with Crippen molar-refractivity contribution in [3.05, 3.63) is 119 Å². The van der Waals surface area contributed by atoms with Gasteiger partial charge in [-0.3, -0.25) is 14.9 Å². The third-order valence-electron chi connectivity index (χ3n) is 4.63. The predicted molar refractivity (Wildman–Crippen MR) is 124 cm³/mol. The van der Waals surface area contributed by atoms with E-state index in [0.717, 1.165) is 22.9 Å². The summed E-state index contributed by atoms with van der Waals surface area (Å²) in [6.45, 7) is 0. The Labute approximate surface area is 188 Å². The van der Waals surface area contributed by atoms with Gasteiger partial charge in [0, 0.05) is 24.0 Å². The van der Waals surface area contributed by atoms with Gasteiger partial charge in [0.25, 0.3) is 5.69 Å². The monoisotopic (exact) mass is 439 g/mol. The van der Waals surface area contributed by atoms with Crippen LogP contribution in [0.15, 0.2) is 107 Å². The first-order valence-corrected chi connectivity index (χ1v) is 10.5. The van der Waals surface area contributed by atoms with Gasteiger partial charge in [-0.2, -0.15) is 0 Å². The second kappa shape index (κ2) is 9.80. The van der Waals surface area contributed by atoms with Gasteiger partial charge in [-0.15, -0.1) is 0 Å². The Bertz CT molecular complexity index is 1280. The molecular weight excluding hydrogens is 422 g/mol. The topological polar surface area (TPSA) is 86.0 Å². The molecule has 0 bridgehead atoms. The second-order valence-electron chi connectivity index (χ2n) is 6.76. The number of hydrogen-bond acceptors (Lipinski definition) is 6. The Morgan fingerprint density at radius 1 is 0.875 bits per heavy atom. The van der Waals surface area contributed by atoms with Crippen LogP contribution in [0, 0.1) is 10.1 Å². The molecule has 0 unspecified atom stereocenters. The number of carbonyl (C=O) groups excluding carboxylic acids is 1. The van der Waals surface area contributed by atoms with E-state index < -0.39 is 4.92 Å². The zero-order valence-electron chi connectivity index (χ0n) is 16.8. The molecule has 0 N–H and O–H groups in total. The van der Waals surface area contributed by atoms with Crippen LogP contribution in [0.5, 0.6) is 0 Å². The molecular formula is C25H17N3O3S. The molecule has 0 aliphatic carbocycles. The SMILES string of the molecule is O=C(/C=C\c1ccc(Sc2ncccn2)c([N+](=O)[O-])c1)c1ccc(-c2ccccc2)cc1. The van der Waals surface area contributed by atoms with Gasteiger partial charge < -0.3 is 0 Å². The molecule has 7 heteroatoms. The van der Waals surface area contributed by atoms with Crippen molar-refractivity contribution < 1.29 is 9.72 Å².